The van der Waals surface area contributed by atoms with E-state index in [1.807, 2.05) is 54.6 Å². The number of aryl methyl sites for hydroxylation is 1. The van der Waals surface area contributed by atoms with Crippen LogP contribution in [0, 0.1) is 24.2 Å². The lowest BCUT2D eigenvalue weighted by molar-refractivity contribution is -0.142. The molecule has 1 saturated carbocycles. The smallest absolute Gasteiger partial charge is 0.326 e. The minimum atomic E-state index is -4.40. The van der Waals surface area contributed by atoms with Crippen LogP contribution < -0.4 is 24.8 Å². The van der Waals surface area contributed by atoms with Crippen molar-refractivity contribution in [3.05, 3.63) is 164 Å². The molecule has 0 spiro atoms. The highest BCUT2D eigenvalue weighted by atomic mass is 35.5. The van der Waals surface area contributed by atoms with Gasteiger partial charge in [-0.15, -0.1) is 0 Å². The maximum absolute atomic E-state index is 14.8. The summed E-state index contributed by atoms with van der Waals surface area (Å²) in [5.41, 5.74) is 6.16. The van der Waals surface area contributed by atoms with Gasteiger partial charge in [0.2, 0.25) is 15.9 Å². The van der Waals surface area contributed by atoms with Crippen molar-refractivity contribution in [2.24, 2.45) is 5.92 Å². The number of nitrogens with zero attached hydrogens (tertiary/aromatic N) is 3. The number of benzene rings is 5. The SMILES string of the molecule is Cc1nc(NCC2CC2)ccc1S(=O)(=O)N1Cc2cc3c(cc2CC1C(=O)NC(Cc1ccc(-c2ccc(C#N)cc2)cc1)C(=O)O)OCC(c1ccc(OCc2ccc(Cl)c(Cl)c2)cc1)O3. The number of nitrogens with one attached hydrogen (secondary N) is 2. The molecule has 6 aromatic rings. The fourth-order valence-corrected chi connectivity index (χ4v) is 10.3. The van der Waals surface area contributed by atoms with Gasteiger partial charge in [0, 0.05) is 19.5 Å². The van der Waals surface area contributed by atoms with Gasteiger partial charge in [0.05, 0.1) is 27.4 Å². The van der Waals surface area contributed by atoms with Crippen LogP contribution in [-0.2, 0) is 45.6 Å². The first-order chi connectivity index (χ1) is 32.3. The van der Waals surface area contributed by atoms with Gasteiger partial charge in [-0.1, -0.05) is 77.8 Å². The van der Waals surface area contributed by atoms with Gasteiger partial charge in [0.1, 0.15) is 41.8 Å². The molecule has 67 heavy (non-hydrogen) atoms. The van der Waals surface area contributed by atoms with Gasteiger partial charge in [-0.05, 0) is 132 Å². The number of amides is 1. The van der Waals surface area contributed by atoms with Crippen molar-refractivity contribution in [2.45, 2.75) is 68.8 Å². The van der Waals surface area contributed by atoms with E-state index in [1.54, 1.807) is 61.5 Å². The van der Waals surface area contributed by atoms with Crippen molar-refractivity contribution in [2.75, 3.05) is 18.5 Å². The largest absolute Gasteiger partial charge is 0.489 e. The molecular weight excluding hydrogens is 914 g/mol. The number of sulfonamides is 1. The van der Waals surface area contributed by atoms with E-state index in [0.29, 0.717) is 67.9 Å². The third-order valence-electron chi connectivity index (χ3n) is 12.2. The first kappa shape index (κ1) is 45.5. The van der Waals surface area contributed by atoms with Crippen LogP contribution in [0.25, 0.3) is 11.1 Å². The lowest BCUT2D eigenvalue weighted by atomic mass is 9.93. The number of carboxylic acids is 1. The molecule has 5 aromatic carbocycles. The summed E-state index contributed by atoms with van der Waals surface area (Å²) in [6, 6.07) is 33.2. The van der Waals surface area contributed by atoms with Crippen LogP contribution in [0.15, 0.2) is 120 Å². The number of anilines is 1. The van der Waals surface area contributed by atoms with E-state index in [4.69, 9.17) is 42.7 Å². The third-order valence-corrected chi connectivity index (χ3v) is 14.9. The summed E-state index contributed by atoms with van der Waals surface area (Å²) in [6.07, 6.45) is 1.66. The zero-order valence-electron chi connectivity index (χ0n) is 36.2. The number of hydrogen-bond donors (Lipinski definition) is 3. The number of nitriles is 1. The summed E-state index contributed by atoms with van der Waals surface area (Å²) in [4.78, 5) is 31.7. The molecular formula is C51H45Cl2N5O8S. The average Bonchev–Trinajstić information content (AvgIpc) is 4.17. The van der Waals surface area contributed by atoms with Crippen LogP contribution in [0.2, 0.25) is 10.0 Å². The number of carboxylic acid groups (broad SMARTS) is 1. The molecule has 1 aromatic heterocycles. The average molecular weight is 959 g/mol. The fraction of sp³-hybridized carbons (Fsp3) is 0.255. The molecule has 9 rings (SSSR count). The zero-order valence-corrected chi connectivity index (χ0v) is 38.6. The molecule has 3 N–H and O–H groups in total. The number of ether oxygens (including phenoxy) is 3. The number of pyridine rings is 1. The Morgan fingerprint density at radius 3 is 2.27 bits per heavy atom. The number of hydrogen-bond acceptors (Lipinski definition) is 10. The van der Waals surface area contributed by atoms with E-state index < -0.39 is 40.1 Å². The molecule has 16 heteroatoms. The molecule has 0 bridgehead atoms. The second-order valence-electron chi connectivity index (χ2n) is 17.0. The van der Waals surface area contributed by atoms with Crippen molar-refractivity contribution in [1.82, 2.24) is 14.6 Å². The number of rotatable bonds is 15. The monoisotopic (exact) mass is 957 g/mol. The predicted molar refractivity (Wildman–Crippen MR) is 253 cm³/mol. The van der Waals surface area contributed by atoms with E-state index >= 15 is 0 Å². The maximum atomic E-state index is 14.8. The minimum absolute atomic E-state index is 0.0581. The Kier molecular flexibility index (Phi) is 13.1. The fourth-order valence-electron chi connectivity index (χ4n) is 8.23. The molecule has 1 aliphatic carbocycles. The number of carbonyl (C=O) groups is 2. The van der Waals surface area contributed by atoms with E-state index in [0.717, 1.165) is 45.9 Å². The Morgan fingerprint density at radius 2 is 1.60 bits per heavy atom. The predicted octanol–water partition coefficient (Wildman–Crippen LogP) is 9.08. The standard InChI is InChI=1S/C51H45Cl2N5O8S/c1-30-48(18-19-49(56-30)55-26-33-2-3-33)67(62,63)58-27-39-24-46-45(65-29-47(66-46)37-13-15-40(16-14-37)64-28-34-8-17-41(52)42(53)20-34)23-38(39)22-44(58)50(59)57-43(51(60)61)21-31-4-9-35(10-5-31)36-11-6-32(25-54)7-12-36/h4-20,23-24,33,43-44,47H,2-3,21-22,26-29H2,1H3,(H,55,56)(H,57,59)(H,60,61). The van der Waals surface area contributed by atoms with E-state index in [1.165, 1.54) is 6.07 Å². The summed E-state index contributed by atoms with van der Waals surface area (Å²) in [6.45, 7) is 2.63. The first-order valence-corrected chi connectivity index (χ1v) is 24.0. The Labute approximate surface area is 398 Å². The van der Waals surface area contributed by atoms with E-state index in [-0.39, 0.29) is 36.6 Å². The molecule has 3 unspecified atom stereocenters. The highest BCUT2D eigenvalue weighted by molar-refractivity contribution is 7.89. The first-order valence-electron chi connectivity index (χ1n) is 21.8. The molecule has 1 amide bonds. The normalized spacial score (nSPS) is 17.1. The molecule has 3 aliphatic rings. The quantitative estimate of drug-likeness (QED) is 0.0894. The Bertz CT molecular complexity index is 3000. The lowest BCUT2D eigenvalue weighted by Crippen LogP contribution is -2.55. The Balaban J connectivity index is 0.949. The number of carbonyl (C=O) groups excluding carboxylic acids is 1. The second-order valence-corrected chi connectivity index (χ2v) is 19.6. The zero-order chi connectivity index (χ0) is 46.8. The molecule has 3 atom stereocenters. The summed E-state index contributed by atoms with van der Waals surface area (Å²) < 4.78 is 49.4. The maximum Gasteiger partial charge on any atom is 0.326 e. The van der Waals surface area contributed by atoms with Gasteiger partial charge < -0.3 is 30.0 Å². The van der Waals surface area contributed by atoms with Gasteiger partial charge in [0.25, 0.3) is 0 Å². The van der Waals surface area contributed by atoms with E-state index in [9.17, 15) is 23.1 Å². The molecule has 0 saturated heterocycles. The molecule has 13 nitrogen and oxygen atoms in total. The van der Waals surface area contributed by atoms with Crippen LogP contribution in [0.3, 0.4) is 0 Å². The summed E-state index contributed by atoms with van der Waals surface area (Å²) in [5, 5.41) is 26.4. The summed E-state index contributed by atoms with van der Waals surface area (Å²) >= 11 is 12.2. The van der Waals surface area contributed by atoms with Crippen molar-refractivity contribution in [3.63, 3.8) is 0 Å². The van der Waals surface area contributed by atoms with Gasteiger partial charge in [-0.2, -0.15) is 9.57 Å². The molecule has 342 valence electrons. The highest BCUT2D eigenvalue weighted by Crippen LogP contribution is 2.42. The number of fused-ring (bicyclic) bond motifs is 2. The van der Waals surface area contributed by atoms with Crippen LogP contribution in [-0.4, -0.2) is 59.9 Å². The van der Waals surface area contributed by atoms with Crippen LogP contribution >= 0.6 is 23.2 Å². The Morgan fingerprint density at radius 1 is 0.896 bits per heavy atom. The van der Waals surface area contributed by atoms with Gasteiger partial charge in [0.15, 0.2) is 17.6 Å². The lowest BCUT2D eigenvalue weighted by Gasteiger charge is -2.37. The van der Waals surface area contributed by atoms with Crippen LogP contribution in [0.4, 0.5) is 5.82 Å². The van der Waals surface area contributed by atoms with Gasteiger partial charge >= 0.3 is 5.97 Å². The van der Waals surface area contributed by atoms with Crippen molar-refractivity contribution in [1.29, 1.82) is 5.26 Å². The third kappa shape index (κ3) is 10.4. The topological polar surface area (TPSA) is 180 Å². The number of halogens is 2. The molecule has 0 radical (unpaired) electrons. The van der Waals surface area contributed by atoms with E-state index in [2.05, 4.69) is 21.7 Å². The second kappa shape index (κ2) is 19.3. The van der Waals surface area contributed by atoms with Gasteiger partial charge in [-0.3, -0.25) is 4.79 Å². The van der Waals surface area contributed by atoms with Crippen molar-refractivity contribution < 1.29 is 37.3 Å². The molecule has 2 aliphatic heterocycles. The Hall–Kier alpha value is -6.63. The van der Waals surface area contributed by atoms with Crippen molar-refractivity contribution >= 4 is 50.9 Å². The summed E-state index contributed by atoms with van der Waals surface area (Å²) in [7, 11) is -4.40. The number of aromatic nitrogens is 1. The van der Waals surface area contributed by atoms with Crippen LogP contribution in [0.5, 0.6) is 17.2 Å². The van der Waals surface area contributed by atoms with Crippen LogP contribution in [0.1, 0.15) is 58.0 Å². The summed E-state index contributed by atoms with van der Waals surface area (Å²) in [5.74, 6) is 0.584. The molecule has 1 fully saturated rings. The minimum Gasteiger partial charge on any atom is -0.489 e. The number of aliphatic carboxylic acids is 1. The van der Waals surface area contributed by atoms with Gasteiger partial charge in [-0.25, -0.2) is 18.2 Å². The molecule has 3 heterocycles. The highest BCUT2D eigenvalue weighted by Gasteiger charge is 2.42. The van der Waals surface area contributed by atoms with Crippen molar-refractivity contribution in [3.8, 4) is 34.4 Å².